The van der Waals surface area contributed by atoms with Crippen molar-refractivity contribution in [3.05, 3.63) is 35.9 Å². The van der Waals surface area contributed by atoms with E-state index in [9.17, 15) is 0 Å². The summed E-state index contributed by atoms with van der Waals surface area (Å²) in [6.07, 6.45) is 1.07. The van der Waals surface area contributed by atoms with Crippen molar-refractivity contribution in [1.29, 1.82) is 0 Å². The van der Waals surface area contributed by atoms with Gasteiger partial charge in [-0.25, -0.2) is 0 Å². The molecular formula is C20H36N4O. The van der Waals surface area contributed by atoms with Crippen LogP contribution in [0.15, 0.2) is 35.3 Å². The highest BCUT2D eigenvalue weighted by atomic mass is 16.5. The van der Waals surface area contributed by atoms with E-state index in [1.807, 2.05) is 18.2 Å². The van der Waals surface area contributed by atoms with Gasteiger partial charge in [-0.2, -0.15) is 0 Å². The Hall–Kier alpha value is -1.59. The first kappa shape index (κ1) is 21.5. The van der Waals surface area contributed by atoms with Gasteiger partial charge >= 0.3 is 0 Å². The molecule has 1 aromatic rings. The first-order chi connectivity index (χ1) is 11.9. The van der Waals surface area contributed by atoms with Crippen molar-refractivity contribution in [1.82, 2.24) is 15.5 Å². The first-order valence-corrected chi connectivity index (χ1v) is 9.23. The van der Waals surface area contributed by atoms with Gasteiger partial charge in [0.15, 0.2) is 5.96 Å². The third-order valence-corrected chi connectivity index (χ3v) is 4.43. The van der Waals surface area contributed by atoms with Gasteiger partial charge in [-0.05, 0) is 53.8 Å². The lowest BCUT2D eigenvalue weighted by Crippen LogP contribution is -2.44. The summed E-state index contributed by atoms with van der Waals surface area (Å²) in [4.78, 5) is 6.89. The van der Waals surface area contributed by atoms with E-state index in [0.29, 0.717) is 0 Å². The average Bonchev–Trinajstić information content (AvgIpc) is 2.59. The minimum Gasteiger partial charge on any atom is -0.374 e. The standard InChI is InChI=1S/C20H36N4O/c1-7-21-19(23-16-20(3,4)24(5)6)22-14-11-15-25-17(2)18-12-9-8-10-13-18/h8-10,12-13,17H,7,11,14-16H2,1-6H3,(H2,21,22,23). The Bertz CT molecular complexity index is 500. The van der Waals surface area contributed by atoms with Gasteiger partial charge in [-0.3, -0.25) is 4.99 Å². The number of hydrogen-bond donors (Lipinski definition) is 2. The minimum atomic E-state index is 0.0383. The fourth-order valence-corrected chi connectivity index (χ4v) is 2.12. The van der Waals surface area contributed by atoms with Gasteiger partial charge in [0.25, 0.3) is 0 Å². The lowest BCUT2D eigenvalue weighted by atomic mass is 10.1. The van der Waals surface area contributed by atoms with Crippen LogP contribution in [0, 0.1) is 0 Å². The fourth-order valence-electron chi connectivity index (χ4n) is 2.12. The van der Waals surface area contributed by atoms with Gasteiger partial charge in [0.1, 0.15) is 0 Å². The van der Waals surface area contributed by atoms with Gasteiger partial charge in [0.05, 0.1) is 12.6 Å². The molecule has 1 unspecified atom stereocenters. The van der Waals surface area contributed by atoms with Crippen LogP contribution in [0.2, 0.25) is 0 Å². The van der Waals surface area contributed by atoms with E-state index < -0.39 is 0 Å². The molecule has 0 aromatic heterocycles. The zero-order valence-electron chi connectivity index (χ0n) is 16.8. The number of nitrogens with zero attached hydrogens (tertiary/aromatic N) is 2. The van der Waals surface area contributed by atoms with Crippen LogP contribution in [0.5, 0.6) is 0 Å². The van der Waals surface area contributed by atoms with Crippen molar-refractivity contribution in [2.75, 3.05) is 40.3 Å². The molecule has 25 heavy (non-hydrogen) atoms. The monoisotopic (exact) mass is 348 g/mol. The molecule has 0 aliphatic heterocycles. The molecule has 0 aliphatic carbocycles. The number of nitrogens with one attached hydrogen (secondary N) is 2. The minimum absolute atomic E-state index is 0.0383. The Morgan fingerprint density at radius 3 is 2.48 bits per heavy atom. The number of aliphatic imine (C=N–C) groups is 1. The molecule has 5 heteroatoms. The van der Waals surface area contributed by atoms with Gasteiger partial charge in [0.2, 0.25) is 0 Å². The summed E-state index contributed by atoms with van der Waals surface area (Å²) in [7, 11) is 4.17. The second-order valence-electron chi connectivity index (χ2n) is 7.11. The Morgan fingerprint density at radius 1 is 1.20 bits per heavy atom. The molecule has 0 saturated carbocycles. The van der Waals surface area contributed by atoms with E-state index in [1.165, 1.54) is 5.56 Å². The summed E-state index contributed by atoms with van der Waals surface area (Å²) in [5, 5.41) is 6.69. The van der Waals surface area contributed by atoms with Crippen LogP contribution >= 0.6 is 0 Å². The van der Waals surface area contributed by atoms with E-state index in [-0.39, 0.29) is 11.6 Å². The summed E-state index contributed by atoms with van der Waals surface area (Å²) in [6.45, 7) is 11.7. The van der Waals surface area contributed by atoms with Crippen LogP contribution in [0.3, 0.4) is 0 Å². The van der Waals surface area contributed by atoms with Crippen LogP contribution < -0.4 is 10.6 Å². The zero-order valence-corrected chi connectivity index (χ0v) is 16.8. The first-order valence-electron chi connectivity index (χ1n) is 9.23. The Labute approximate surface area is 153 Å². The van der Waals surface area contributed by atoms with Crippen LogP contribution in [-0.2, 0) is 4.74 Å². The van der Waals surface area contributed by atoms with Crippen molar-refractivity contribution in [2.45, 2.75) is 45.8 Å². The lowest BCUT2D eigenvalue weighted by molar-refractivity contribution is 0.0646. The van der Waals surface area contributed by atoms with E-state index >= 15 is 0 Å². The predicted molar refractivity (Wildman–Crippen MR) is 107 cm³/mol. The number of likely N-dealkylation sites (N-methyl/N-ethyl adjacent to an activating group) is 1. The zero-order chi connectivity index (χ0) is 18.7. The molecule has 1 rings (SSSR count). The van der Waals surface area contributed by atoms with Crippen molar-refractivity contribution in [3.63, 3.8) is 0 Å². The maximum Gasteiger partial charge on any atom is 0.191 e. The van der Waals surface area contributed by atoms with Gasteiger partial charge < -0.3 is 20.3 Å². The summed E-state index contributed by atoms with van der Waals surface area (Å²) in [5.41, 5.74) is 1.26. The largest absolute Gasteiger partial charge is 0.374 e. The molecule has 0 radical (unpaired) electrons. The fraction of sp³-hybridized carbons (Fsp3) is 0.650. The predicted octanol–water partition coefficient (Wildman–Crippen LogP) is 3.05. The normalized spacial score (nSPS) is 13.8. The second-order valence-corrected chi connectivity index (χ2v) is 7.11. The number of benzene rings is 1. The van der Waals surface area contributed by atoms with Crippen LogP contribution in [0.1, 0.15) is 45.8 Å². The van der Waals surface area contributed by atoms with Crippen LogP contribution in [0.4, 0.5) is 0 Å². The molecular weight excluding hydrogens is 312 g/mol. The molecule has 1 atom stereocenters. The smallest absolute Gasteiger partial charge is 0.191 e. The van der Waals surface area contributed by atoms with E-state index in [4.69, 9.17) is 9.73 Å². The highest BCUT2D eigenvalue weighted by Gasteiger charge is 2.19. The average molecular weight is 349 g/mol. The second kappa shape index (κ2) is 11.1. The molecule has 0 spiro atoms. The molecule has 0 aliphatic rings. The van der Waals surface area contributed by atoms with Crippen molar-refractivity contribution in [3.8, 4) is 0 Å². The van der Waals surface area contributed by atoms with Gasteiger partial charge in [-0.15, -0.1) is 0 Å². The third-order valence-electron chi connectivity index (χ3n) is 4.43. The van der Waals surface area contributed by atoms with E-state index in [0.717, 1.165) is 38.6 Å². The topological polar surface area (TPSA) is 48.9 Å². The van der Waals surface area contributed by atoms with Crippen LogP contribution in [-0.4, -0.2) is 56.7 Å². The van der Waals surface area contributed by atoms with Gasteiger partial charge in [0, 0.05) is 25.2 Å². The quantitative estimate of drug-likeness (QED) is 0.388. The SMILES string of the molecule is CCNC(=NCC(C)(C)N(C)C)NCCCOC(C)c1ccccc1. The third kappa shape index (κ3) is 8.36. The molecule has 0 amide bonds. The highest BCUT2D eigenvalue weighted by molar-refractivity contribution is 5.79. The Kier molecular flexibility index (Phi) is 9.53. The molecule has 0 fully saturated rings. The number of ether oxygens (including phenoxy) is 1. The lowest BCUT2D eigenvalue weighted by Gasteiger charge is -2.31. The molecule has 142 valence electrons. The highest BCUT2D eigenvalue weighted by Crippen LogP contribution is 2.15. The maximum absolute atomic E-state index is 5.91. The van der Waals surface area contributed by atoms with Crippen molar-refractivity contribution >= 4 is 5.96 Å². The summed E-state index contributed by atoms with van der Waals surface area (Å²) < 4.78 is 5.91. The molecule has 2 N–H and O–H groups in total. The molecule has 0 bridgehead atoms. The Balaban J connectivity index is 2.33. The maximum atomic E-state index is 5.91. The molecule has 1 aromatic carbocycles. The van der Waals surface area contributed by atoms with Crippen molar-refractivity contribution < 1.29 is 4.74 Å². The molecule has 5 nitrogen and oxygen atoms in total. The molecule has 0 heterocycles. The summed E-state index contributed by atoms with van der Waals surface area (Å²) in [6, 6.07) is 10.3. The van der Waals surface area contributed by atoms with E-state index in [1.54, 1.807) is 0 Å². The van der Waals surface area contributed by atoms with Crippen molar-refractivity contribution in [2.24, 2.45) is 4.99 Å². The Morgan fingerprint density at radius 2 is 1.88 bits per heavy atom. The summed E-state index contributed by atoms with van der Waals surface area (Å²) >= 11 is 0. The number of guanidine groups is 1. The number of rotatable bonds is 10. The van der Waals surface area contributed by atoms with Gasteiger partial charge in [-0.1, -0.05) is 30.3 Å². The molecule has 0 saturated heterocycles. The summed E-state index contributed by atoms with van der Waals surface area (Å²) in [5.74, 6) is 0.869. The number of hydrogen-bond acceptors (Lipinski definition) is 3. The van der Waals surface area contributed by atoms with E-state index in [2.05, 4.69) is 69.5 Å². The van der Waals surface area contributed by atoms with Crippen LogP contribution in [0.25, 0.3) is 0 Å².